The molecule has 2 N–H and O–H groups in total. The van der Waals surface area contributed by atoms with Crippen LogP contribution in [0.4, 0.5) is 57.1 Å². The number of aromatic carboxylic acids is 2. The molecule has 0 fully saturated rings. The summed E-state index contributed by atoms with van der Waals surface area (Å²) in [7, 11) is 0. The molecule has 1 aromatic carbocycles. The first-order valence-corrected chi connectivity index (χ1v) is 8.37. The first kappa shape index (κ1) is 31.0. The lowest BCUT2D eigenvalue weighted by atomic mass is 10.1. The molecule has 0 saturated carbocycles. The molecular formula is C16H9F13O7. The molecule has 1 aromatic rings. The Morgan fingerprint density at radius 2 is 1.19 bits per heavy atom. The predicted octanol–water partition coefficient (Wildman–Crippen LogP) is 5.45. The lowest BCUT2D eigenvalue weighted by Crippen LogP contribution is -2.60. The molecule has 206 valence electrons. The van der Waals surface area contributed by atoms with Gasteiger partial charge in [-0.05, 0) is 18.2 Å². The van der Waals surface area contributed by atoms with Crippen molar-refractivity contribution >= 4 is 11.9 Å². The molecular weight excluding hydrogens is 551 g/mol. The van der Waals surface area contributed by atoms with Gasteiger partial charge in [0.25, 0.3) is 0 Å². The highest BCUT2D eigenvalue weighted by Crippen LogP contribution is 2.51. The predicted molar refractivity (Wildman–Crippen MR) is 83.4 cm³/mol. The third kappa shape index (κ3) is 6.39. The van der Waals surface area contributed by atoms with Crippen LogP contribution in [-0.4, -0.2) is 64.8 Å². The minimum Gasteiger partial charge on any atom is -0.478 e. The molecule has 0 heterocycles. The van der Waals surface area contributed by atoms with Crippen molar-refractivity contribution in [3.05, 3.63) is 29.3 Å². The van der Waals surface area contributed by atoms with E-state index in [0.29, 0.717) is 6.07 Å². The number of ether oxygens (including phenoxy) is 3. The maximum Gasteiger partial charge on any atom is 0.462 e. The van der Waals surface area contributed by atoms with Gasteiger partial charge in [0.05, 0.1) is 11.1 Å². The summed E-state index contributed by atoms with van der Waals surface area (Å²) in [6.07, 6.45) is -31.4. The van der Waals surface area contributed by atoms with E-state index >= 15 is 0 Å². The van der Waals surface area contributed by atoms with E-state index in [4.69, 9.17) is 10.2 Å². The van der Waals surface area contributed by atoms with Gasteiger partial charge in [0.2, 0.25) is 0 Å². The van der Waals surface area contributed by atoms with Gasteiger partial charge in [-0.15, -0.1) is 0 Å². The maximum atomic E-state index is 13.9. The molecule has 0 aliphatic rings. The fourth-order valence-corrected chi connectivity index (χ4v) is 1.94. The van der Waals surface area contributed by atoms with Gasteiger partial charge in [0.1, 0.15) is 5.75 Å². The summed E-state index contributed by atoms with van der Waals surface area (Å²) >= 11 is 0. The van der Waals surface area contributed by atoms with Crippen LogP contribution in [0.3, 0.4) is 0 Å². The average molecular weight is 560 g/mol. The second kappa shape index (κ2) is 9.45. The molecule has 2 atom stereocenters. The van der Waals surface area contributed by atoms with E-state index in [2.05, 4.69) is 14.2 Å². The van der Waals surface area contributed by atoms with Crippen molar-refractivity contribution in [2.75, 3.05) is 0 Å². The number of alkyl halides is 13. The number of hydrogen-bond donors (Lipinski definition) is 2. The van der Waals surface area contributed by atoms with Crippen LogP contribution >= 0.6 is 0 Å². The zero-order valence-corrected chi connectivity index (χ0v) is 16.7. The summed E-state index contributed by atoms with van der Waals surface area (Å²) in [5, 5.41) is 17.6. The van der Waals surface area contributed by atoms with Crippen molar-refractivity contribution in [1.82, 2.24) is 0 Å². The lowest BCUT2D eigenvalue weighted by Gasteiger charge is -2.36. The van der Waals surface area contributed by atoms with Gasteiger partial charge in [0.15, 0.2) is 0 Å². The van der Waals surface area contributed by atoms with Crippen LogP contribution in [0.15, 0.2) is 18.2 Å². The zero-order valence-electron chi connectivity index (χ0n) is 16.7. The van der Waals surface area contributed by atoms with E-state index < -0.39 is 78.4 Å². The highest BCUT2D eigenvalue weighted by molar-refractivity contribution is 5.94. The summed E-state index contributed by atoms with van der Waals surface area (Å²) in [4.78, 5) is 21.8. The van der Waals surface area contributed by atoms with Gasteiger partial charge < -0.3 is 14.9 Å². The summed E-state index contributed by atoms with van der Waals surface area (Å²) in [6, 6.07) is 0.626. The Balaban J connectivity index is 3.20. The Morgan fingerprint density at radius 1 is 0.778 bits per heavy atom. The number of rotatable bonds is 11. The Kier molecular flexibility index (Phi) is 8.14. The highest BCUT2D eigenvalue weighted by Gasteiger charge is 2.78. The topological polar surface area (TPSA) is 102 Å². The summed E-state index contributed by atoms with van der Waals surface area (Å²) in [5.74, 6) is -18.6. The number of carboxylic acid groups (broad SMARTS) is 2. The Labute approximate surface area is 188 Å². The van der Waals surface area contributed by atoms with Crippen LogP contribution < -0.4 is 4.74 Å². The Bertz CT molecular complexity index is 959. The second-order valence-corrected chi connectivity index (χ2v) is 6.58. The molecule has 0 spiro atoms. The molecule has 20 heteroatoms. The summed E-state index contributed by atoms with van der Waals surface area (Å²) < 4.78 is 179. The van der Waals surface area contributed by atoms with Crippen LogP contribution in [0.5, 0.6) is 5.75 Å². The summed E-state index contributed by atoms with van der Waals surface area (Å²) in [6.45, 7) is -0.992. The summed E-state index contributed by atoms with van der Waals surface area (Å²) in [5.41, 5.74) is -2.14. The van der Waals surface area contributed by atoms with Crippen LogP contribution in [-0.2, 0) is 9.47 Å². The number of halogens is 13. The molecule has 36 heavy (non-hydrogen) atoms. The zero-order chi connectivity index (χ0) is 28.7. The molecule has 0 amide bonds. The largest absolute Gasteiger partial charge is 0.478 e. The van der Waals surface area contributed by atoms with E-state index in [1.165, 1.54) is 0 Å². The van der Waals surface area contributed by atoms with Gasteiger partial charge in [-0.1, -0.05) is 0 Å². The molecule has 0 aromatic heterocycles. The monoisotopic (exact) mass is 560 g/mol. The number of carbonyl (C=O) groups is 2. The minimum atomic E-state index is -7.30. The van der Waals surface area contributed by atoms with Crippen LogP contribution in [0.2, 0.25) is 0 Å². The molecule has 0 bridgehead atoms. The van der Waals surface area contributed by atoms with Gasteiger partial charge in [-0.25, -0.2) is 18.4 Å². The van der Waals surface area contributed by atoms with Crippen molar-refractivity contribution in [3.63, 3.8) is 0 Å². The van der Waals surface area contributed by atoms with Crippen LogP contribution in [0.1, 0.15) is 27.6 Å². The highest BCUT2D eigenvalue weighted by atomic mass is 19.4. The van der Waals surface area contributed by atoms with E-state index in [1.54, 1.807) is 0 Å². The molecule has 0 radical (unpaired) electrons. The molecule has 2 unspecified atom stereocenters. The fourth-order valence-electron chi connectivity index (χ4n) is 1.94. The van der Waals surface area contributed by atoms with E-state index in [9.17, 15) is 66.7 Å². The third-order valence-electron chi connectivity index (χ3n) is 3.73. The van der Waals surface area contributed by atoms with Gasteiger partial charge in [-0.3, -0.25) is 9.47 Å². The smallest absolute Gasteiger partial charge is 0.462 e. The fraction of sp³-hybridized carbons (Fsp3) is 0.500. The van der Waals surface area contributed by atoms with Crippen molar-refractivity contribution in [2.45, 2.75) is 49.6 Å². The maximum absolute atomic E-state index is 13.9. The van der Waals surface area contributed by atoms with E-state index in [1.807, 2.05) is 0 Å². The number of hydrogen-bond acceptors (Lipinski definition) is 5. The normalized spacial score (nSPS) is 16.3. The number of benzene rings is 1. The van der Waals surface area contributed by atoms with Crippen molar-refractivity contribution < 1.29 is 91.1 Å². The van der Waals surface area contributed by atoms with Gasteiger partial charge >= 0.3 is 54.6 Å². The molecule has 0 saturated heterocycles. The van der Waals surface area contributed by atoms with Crippen molar-refractivity contribution in [1.29, 1.82) is 0 Å². The number of carboxylic acids is 2. The molecule has 1 rings (SSSR count). The SMILES string of the molecule is CC(F)(OC(F)(F)C(F)(F)C(F)(F)F)C(F)(F)OC(F)C(F)(F)Oc1cc(C(=O)O)cc(C(=O)O)c1. The Morgan fingerprint density at radius 3 is 1.56 bits per heavy atom. The molecule has 0 aliphatic carbocycles. The quantitative estimate of drug-likeness (QED) is 0.347. The van der Waals surface area contributed by atoms with E-state index in [0.717, 1.165) is 0 Å². The van der Waals surface area contributed by atoms with Gasteiger partial charge in [0, 0.05) is 6.92 Å². The lowest BCUT2D eigenvalue weighted by molar-refractivity contribution is -0.502. The Hall–Kier alpha value is -3.03. The first-order chi connectivity index (χ1) is 15.8. The molecule has 7 nitrogen and oxygen atoms in total. The average Bonchev–Trinajstić information content (AvgIpc) is 2.64. The van der Waals surface area contributed by atoms with Crippen LogP contribution in [0, 0.1) is 0 Å². The minimum absolute atomic E-state index is 0.121. The third-order valence-corrected chi connectivity index (χ3v) is 3.73. The van der Waals surface area contributed by atoms with Crippen molar-refractivity contribution in [2.24, 2.45) is 0 Å². The second-order valence-electron chi connectivity index (χ2n) is 6.58. The van der Waals surface area contributed by atoms with E-state index in [-0.39, 0.29) is 12.1 Å². The first-order valence-electron chi connectivity index (χ1n) is 8.37. The standard InChI is InChI=1S/C16H9F13O7/c1-11(18,36-16(28,29)13(21,22)14(23,24)25)15(26,27)35-10(17)12(19,20)34-7-3-5(8(30)31)2-6(4-7)9(32)33/h2-4,10H,1H3,(H,30,31)(H,32,33). The molecule has 0 aliphatic heterocycles. The van der Waals surface area contributed by atoms with Crippen molar-refractivity contribution in [3.8, 4) is 5.75 Å². The van der Waals surface area contributed by atoms with Gasteiger partial charge in [-0.2, -0.15) is 48.3 Å². The van der Waals surface area contributed by atoms with Crippen LogP contribution in [0.25, 0.3) is 0 Å².